The maximum Gasteiger partial charge on any atom is 0.244 e. The highest BCUT2D eigenvalue weighted by Crippen LogP contribution is 2.17. The number of hydrogen-bond donors (Lipinski definition) is 1. The highest BCUT2D eigenvalue weighted by Gasteiger charge is 2.17. The summed E-state index contributed by atoms with van der Waals surface area (Å²) in [5.41, 5.74) is 0. The van der Waals surface area contributed by atoms with Crippen molar-refractivity contribution in [2.75, 3.05) is 6.54 Å². The van der Waals surface area contributed by atoms with Gasteiger partial charge in [0.15, 0.2) is 0 Å². The van der Waals surface area contributed by atoms with Crippen LogP contribution in [-0.4, -0.2) is 22.2 Å². The van der Waals surface area contributed by atoms with E-state index in [0.29, 0.717) is 12.3 Å². The molecule has 3 aromatic rings. The molecule has 1 atom stereocenters. The van der Waals surface area contributed by atoms with E-state index in [9.17, 15) is 4.79 Å². The lowest BCUT2D eigenvalue weighted by Gasteiger charge is -2.15. The van der Waals surface area contributed by atoms with Gasteiger partial charge in [0, 0.05) is 25.0 Å². The van der Waals surface area contributed by atoms with Crippen molar-refractivity contribution in [3.63, 3.8) is 0 Å². The fraction of sp³-hybridized carbons (Fsp3) is 0.125. The van der Waals surface area contributed by atoms with Gasteiger partial charge in [-0.05, 0) is 36.4 Å². The normalized spacial score (nSPS) is 12.5. The second-order valence-corrected chi connectivity index (χ2v) is 4.61. The predicted molar refractivity (Wildman–Crippen MR) is 79.8 cm³/mol. The van der Waals surface area contributed by atoms with Crippen molar-refractivity contribution in [1.82, 2.24) is 15.1 Å². The third-order valence-electron chi connectivity index (χ3n) is 3.13. The van der Waals surface area contributed by atoms with Crippen molar-refractivity contribution in [3.8, 4) is 0 Å². The summed E-state index contributed by atoms with van der Waals surface area (Å²) in [5, 5.41) is 7.04. The lowest BCUT2D eigenvalue weighted by molar-refractivity contribution is -0.116. The number of nitrogens with one attached hydrogen (secondary N) is 1. The van der Waals surface area contributed by atoms with Crippen LogP contribution in [0, 0.1) is 0 Å². The van der Waals surface area contributed by atoms with Gasteiger partial charge in [-0.2, -0.15) is 5.10 Å². The van der Waals surface area contributed by atoms with Crippen LogP contribution >= 0.6 is 0 Å². The first-order valence-electron chi connectivity index (χ1n) is 6.85. The van der Waals surface area contributed by atoms with Crippen molar-refractivity contribution < 1.29 is 13.6 Å². The first-order chi connectivity index (χ1) is 10.8. The molecule has 112 valence electrons. The van der Waals surface area contributed by atoms with Crippen LogP contribution in [0.25, 0.3) is 6.08 Å². The fourth-order valence-corrected chi connectivity index (χ4v) is 2.07. The third kappa shape index (κ3) is 3.35. The van der Waals surface area contributed by atoms with Gasteiger partial charge in [-0.25, -0.2) is 0 Å². The Kier molecular flexibility index (Phi) is 4.20. The van der Waals surface area contributed by atoms with E-state index in [2.05, 4.69) is 10.4 Å². The summed E-state index contributed by atoms with van der Waals surface area (Å²) in [6.07, 6.45) is 9.73. The van der Waals surface area contributed by atoms with Crippen molar-refractivity contribution in [1.29, 1.82) is 0 Å². The molecule has 0 saturated carbocycles. The van der Waals surface area contributed by atoms with Gasteiger partial charge >= 0.3 is 0 Å². The van der Waals surface area contributed by atoms with E-state index in [1.165, 1.54) is 6.08 Å². The Morgan fingerprint density at radius 3 is 2.82 bits per heavy atom. The van der Waals surface area contributed by atoms with Gasteiger partial charge in [0.2, 0.25) is 5.91 Å². The first kappa shape index (κ1) is 13.9. The number of carbonyl (C=O) groups excluding carboxylic acids is 1. The predicted octanol–water partition coefficient (Wildman–Crippen LogP) is 2.49. The molecule has 0 unspecified atom stereocenters. The molecule has 22 heavy (non-hydrogen) atoms. The Hall–Kier alpha value is -3.02. The number of hydrogen-bond acceptors (Lipinski definition) is 4. The van der Waals surface area contributed by atoms with E-state index in [0.717, 1.165) is 5.76 Å². The summed E-state index contributed by atoms with van der Waals surface area (Å²) < 4.78 is 12.3. The molecule has 6 heteroatoms. The average molecular weight is 297 g/mol. The number of carbonyl (C=O) groups is 1. The Morgan fingerprint density at radius 1 is 1.27 bits per heavy atom. The van der Waals surface area contributed by atoms with Gasteiger partial charge < -0.3 is 14.2 Å². The summed E-state index contributed by atoms with van der Waals surface area (Å²) in [7, 11) is 0. The number of rotatable bonds is 6. The molecule has 0 radical (unpaired) electrons. The van der Waals surface area contributed by atoms with Crippen LogP contribution in [0.5, 0.6) is 0 Å². The van der Waals surface area contributed by atoms with Crippen LogP contribution in [0.1, 0.15) is 17.6 Å². The molecule has 0 aromatic carbocycles. The molecule has 0 bridgehead atoms. The van der Waals surface area contributed by atoms with Crippen LogP contribution in [0.3, 0.4) is 0 Å². The van der Waals surface area contributed by atoms with Crippen LogP contribution in [0.2, 0.25) is 0 Å². The molecule has 3 heterocycles. The third-order valence-corrected chi connectivity index (χ3v) is 3.13. The van der Waals surface area contributed by atoms with E-state index in [1.54, 1.807) is 41.6 Å². The van der Waals surface area contributed by atoms with Crippen molar-refractivity contribution in [2.45, 2.75) is 6.04 Å². The van der Waals surface area contributed by atoms with Crippen LogP contribution in [0.15, 0.2) is 70.2 Å². The number of aromatic nitrogens is 2. The smallest absolute Gasteiger partial charge is 0.244 e. The molecule has 0 fully saturated rings. The minimum absolute atomic E-state index is 0.189. The largest absolute Gasteiger partial charge is 0.467 e. The average Bonchev–Trinajstić information content (AvgIpc) is 3.27. The maximum absolute atomic E-state index is 11.9. The summed E-state index contributed by atoms with van der Waals surface area (Å²) in [6, 6.07) is 8.85. The molecular weight excluding hydrogens is 282 g/mol. The van der Waals surface area contributed by atoms with Gasteiger partial charge in [-0.3, -0.25) is 9.48 Å². The Bertz CT molecular complexity index is 679. The zero-order chi connectivity index (χ0) is 15.2. The molecule has 3 aromatic heterocycles. The quantitative estimate of drug-likeness (QED) is 0.709. The Labute approximate surface area is 127 Å². The second-order valence-electron chi connectivity index (χ2n) is 4.61. The van der Waals surface area contributed by atoms with Crippen LogP contribution in [-0.2, 0) is 4.79 Å². The molecule has 3 rings (SSSR count). The van der Waals surface area contributed by atoms with E-state index in [-0.39, 0.29) is 11.9 Å². The monoisotopic (exact) mass is 297 g/mol. The zero-order valence-electron chi connectivity index (χ0n) is 11.8. The zero-order valence-corrected chi connectivity index (χ0v) is 11.8. The molecule has 0 aliphatic heterocycles. The highest BCUT2D eigenvalue weighted by molar-refractivity contribution is 5.91. The summed E-state index contributed by atoms with van der Waals surface area (Å²) in [4.78, 5) is 11.9. The summed E-state index contributed by atoms with van der Waals surface area (Å²) in [6.45, 7) is 0.372. The molecule has 1 amide bonds. The molecule has 1 N–H and O–H groups in total. The fourth-order valence-electron chi connectivity index (χ4n) is 2.07. The summed E-state index contributed by atoms with van der Waals surface area (Å²) in [5.74, 6) is 1.16. The molecule has 6 nitrogen and oxygen atoms in total. The van der Waals surface area contributed by atoms with Crippen molar-refractivity contribution >= 4 is 12.0 Å². The Morgan fingerprint density at radius 2 is 2.14 bits per heavy atom. The van der Waals surface area contributed by atoms with Gasteiger partial charge in [0.1, 0.15) is 17.6 Å². The van der Waals surface area contributed by atoms with Gasteiger partial charge in [-0.15, -0.1) is 0 Å². The van der Waals surface area contributed by atoms with Gasteiger partial charge in [0.25, 0.3) is 0 Å². The second kappa shape index (κ2) is 6.62. The lowest BCUT2D eigenvalue weighted by atomic mass is 10.2. The molecule has 0 aliphatic rings. The van der Waals surface area contributed by atoms with Gasteiger partial charge in [-0.1, -0.05) is 0 Å². The number of amides is 1. The standard InChI is InChI=1S/C16H15N3O3/c20-16(7-6-13-4-1-10-21-13)17-12-14(15-5-2-11-22-15)19-9-3-8-18-19/h1-11,14H,12H2,(H,17,20)/b7-6+/t14-/m1/s1. The van der Waals surface area contributed by atoms with Crippen LogP contribution < -0.4 is 5.32 Å². The minimum Gasteiger partial charge on any atom is -0.467 e. The van der Waals surface area contributed by atoms with E-state index in [1.807, 2.05) is 24.4 Å². The first-order valence-corrected chi connectivity index (χ1v) is 6.85. The number of furan rings is 2. The SMILES string of the molecule is O=C(/C=C/c1ccco1)NC[C@H](c1ccco1)n1cccn1. The maximum atomic E-state index is 11.9. The molecule has 0 spiro atoms. The molecular formula is C16H15N3O3. The molecule has 0 saturated heterocycles. The lowest BCUT2D eigenvalue weighted by Crippen LogP contribution is -2.30. The number of nitrogens with zero attached hydrogens (tertiary/aromatic N) is 2. The molecule has 0 aliphatic carbocycles. The Balaban J connectivity index is 1.63. The van der Waals surface area contributed by atoms with E-state index < -0.39 is 0 Å². The minimum atomic E-state index is -0.208. The van der Waals surface area contributed by atoms with E-state index >= 15 is 0 Å². The highest BCUT2D eigenvalue weighted by atomic mass is 16.3. The topological polar surface area (TPSA) is 73.2 Å². The van der Waals surface area contributed by atoms with E-state index in [4.69, 9.17) is 8.83 Å². The van der Waals surface area contributed by atoms with Crippen molar-refractivity contribution in [2.24, 2.45) is 0 Å². The van der Waals surface area contributed by atoms with Crippen molar-refractivity contribution in [3.05, 3.63) is 72.8 Å². The van der Waals surface area contributed by atoms with Crippen LogP contribution in [0.4, 0.5) is 0 Å². The van der Waals surface area contributed by atoms with Gasteiger partial charge in [0.05, 0.1) is 12.5 Å². The summed E-state index contributed by atoms with van der Waals surface area (Å²) >= 11 is 0.